The molecule has 1 aliphatic heterocycles. The van der Waals surface area contributed by atoms with Crippen LogP contribution in [0.5, 0.6) is 0 Å². The summed E-state index contributed by atoms with van der Waals surface area (Å²) < 4.78 is 0. The largest absolute Gasteiger partial charge is 0.370 e. The minimum Gasteiger partial charge on any atom is -0.370 e. The summed E-state index contributed by atoms with van der Waals surface area (Å²) in [6, 6.07) is 17.9. The van der Waals surface area contributed by atoms with Crippen molar-refractivity contribution in [2.75, 3.05) is 11.9 Å². The van der Waals surface area contributed by atoms with E-state index in [9.17, 15) is 0 Å². The summed E-state index contributed by atoms with van der Waals surface area (Å²) >= 11 is 0. The van der Waals surface area contributed by atoms with Crippen LogP contribution >= 0.6 is 0 Å². The summed E-state index contributed by atoms with van der Waals surface area (Å²) in [6.07, 6.45) is 5.09. The second kappa shape index (κ2) is 7.04. The van der Waals surface area contributed by atoms with Gasteiger partial charge in [0.05, 0.1) is 0 Å². The molecule has 0 radical (unpaired) electrons. The van der Waals surface area contributed by atoms with Crippen molar-refractivity contribution in [1.82, 2.24) is 0 Å². The molecule has 0 saturated carbocycles. The highest BCUT2D eigenvalue weighted by molar-refractivity contribution is 5.96. The highest BCUT2D eigenvalue weighted by Gasteiger charge is 2.23. The SMILES string of the molecule is CC.CN1Cc2ccccc2C2=C(CCCC2)c2ccccc21. The van der Waals surface area contributed by atoms with Gasteiger partial charge in [-0.1, -0.05) is 56.3 Å². The van der Waals surface area contributed by atoms with E-state index in [0.717, 1.165) is 6.54 Å². The van der Waals surface area contributed by atoms with Crippen molar-refractivity contribution < 1.29 is 0 Å². The lowest BCUT2D eigenvalue weighted by atomic mass is 9.81. The molecule has 0 unspecified atom stereocenters. The van der Waals surface area contributed by atoms with Gasteiger partial charge in [-0.25, -0.2) is 0 Å². The highest BCUT2D eigenvalue weighted by Crippen LogP contribution is 2.43. The van der Waals surface area contributed by atoms with E-state index in [-0.39, 0.29) is 0 Å². The lowest BCUT2D eigenvalue weighted by Crippen LogP contribution is -2.21. The number of rotatable bonds is 0. The summed E-state index contributed by atoms with van der Waals surface area (Å²) in [5, 5.41) is 0. The summed E-state index contributed by atoms with van der Waals surface area (Å²) in [4.78, 5) is 2.40. The van der Waals surface area contributed by atoms with Crippen LogP contribution in [-0.4, -0.2) is 7.05 Å². The standard InChI is InChI=1S/C20H21N.C2H6/c1-21-14-15-8-2-3-9-16(15)17-10-4-5-11-18(17)19-12-6-7-13-20(19)21;1-2/h2-3,6-9,12-13H,4-5,10-11,14H2,1H3;1-2H3. The Morgan fingerprint density at radius 2 is 1.30 bits per heavy atom. The Morgan fingerprint density at radius 3 is 2.04 bits per heavy atom. The molecule has 0 saturated heterocycles. The van der Waals surface area contributed by atoms with Crippen LogP contribution in [-0.2, 0) is 6.54 Å². The van der Waals surface area contributed by atoms with Crippen LogP contribution in [0, 0.1) is 0 Å². The molecule has 1 nitrogen and oxygen atoms in total. The van der Waals surface area contributed by atoms with E-state index in [0.29, 0.717) is 0 Å². The van der Waals surface area contributed by atoms with Crippen molar-refractivity contribution in [2.24, 2.45) is 0 Å². The van der Waals surface area contributed by atoms with Gasteiger partial charge in [0.15, 0.2) is 0 Å². The number of hydrogen-bond acceptors (Lipinski definition) is 1. The van der Waals surface area contributed by atoms with Crippen molar-refractivity contribution in [1.29, 1.82) is 0 Å². The molecule has 4 rings (SSSR count). The Labute approximate surface area is 140 Å². The van der Waals surface area contributed by atoms with E-state index in [1.807, 2.05) is 13.8 Å². The Balaban J connectivity index is 0.000000753. The smallest absolute Gasteiger partial charge is 0.0443 e. The summed E-state index contributed by atoms with van der Waals surface area (Å²) in [6.45, 7) is 4.99. The van der Waals surface area contributed by atoms with Crippen LogP contribution in [0.4, 0.5) is 5.69 Å². The molecule has 0 atom stereocenters. The molecule has 120 valence electrons. The van der Waals surface area contributed by atoms with Gasteiger partial charge in [-0.15, -0.1) is 0 Å². The molecule has 2 aromatic rings. The number of allylic oxidation sites excluding steroid dienone is 2. The van der Waals surface area contributed by atoms with Crippen LogP contribution in [0.3, 0.4) is 0 Å². The molecule has 0 spiro atoms. The molecule has 0 aromatic heterocycles. The van der Waals surface area contributed by atoms with E-state index in [1.54, 1.807) is 11.1 Å². The predicted molar refractivity (Wildman–Crippen MR) is 102 cm³/mol. The Kier molecular flexibility index (Phi) is 4.85. The first-order chi connectivity index (χ1) is 11.3. The molecule has 0 fully saturated rings. The maximum atomic E-state index is 2.40. The van der Waals surface area contributed by atoms with Crippen molar-refractivity contribution in [3.8, 4) is 0 Å². The Bertz CT molecular complexity index is 711. The first kappa shape index (κ1) is 15.9. The molecular weight excluding hydrogens is 278 g/mol. The topological polar surface area (TPSA) is 3.24 Å². The molecule has 1 aliphatic carbocycles. The second-order valence-corrected chi connectivity index (χ2v) is 6.19. The van der Waals surface area contributed by atoms with Crippen molar-refractivity contribution in [2.45, 2.75) is 46.1 Å². The van der Waals surface area contributed by atoms with Gasteiger partial charge in [0.25, 0.3) is 0 Å². The van der Waals surface area contributed by atoms with Crippen molar-refractivity contribution >= 4 is 16.8 Å². The van der Waals surface area contributed by atoms with Gasteiger partial charge in [0.2, 0.25) is 0 Å². The normalized spacial score (nSPS) is 16.2. The van der Waals surface area contributed by atoms with Crippen LogP contribution < -0.4 is 4.90 Å². The Hall–Kier alpha value is -2.02. The maximum absolute atomic E-state index is 2.40. The van der Waals surface area contributed by atoms with E-state index >= 15 is 0 Å². The fraction of sp³-hybridized carbons (Fsp3) is 0.364. The zero-order valence-electron chi connectivity index (χ0n) is 14.6. The first-order valence-corrected chi connectivity index (χ1v) is 8.95. The molecule has 0 bridgehead atoms. The molecule has 0 amide bonds. The second-order valence-electron chi connectivity index (χ2n) is 6.19. The molecule has 1 heterocycles. The number of nitrogens with zero attached hydrogens (tertiary/aromatic N) is 1. The van der Waals surface area contributed by atoms with Gasteiger partial charge in [-0.3, -0.25) is 0 Å². The lowest BCUT2D eigenvalue weighted by Gasteiger charge is -2.31. The van der Waals surface area contributed by atoms with Crippen LogP contribution in [0.2, 0.25) is 0 Å². The molecule has 2 aromatic carbocycles. The number of fused-ring (bicyclic) bond motifs is 4. The maximum Gasteiger partial charge on any atom is 0.0443 e. The van der Waals surface area contributed by atoms with Gasteiger partial charge in [-0.05, 0) is 54.0 Å². The zero-order chi connectivity index (χ0) is 16.2. The third-order valence-corrected chi connectivity index (χ3v) is 4.86. The number of benzene rings is 2. The van der Waals surface area contributed by atoms with E-state index in [1.165, 1.54) is 48.1 Å². The average molecular weight is 305 g/mol. The molecule has 1 heteroatoms. The van der Waals surface area contributed by atoms with Gasteiger partial charge in [0.1, 0.15) is 0 Å². The monoisotopic (exact) mass is 305 g/mol. The zero-order valence-corrected chi connectivity index (χ0v) is 14.6. The number of hydrogen-bond donors (Lipinski definition) is 0. The van der Waals surface area contributed by atoms with Crippen molar-refractivity contribution in [3.63, 3.8) is 0 Å². The molecule has 0 N–H and O–H groups in total. The van der Waals surface area contributed by atoms with Gasteiger partial charge in [0, 0.05) is 24.8 Å². The Morgan fingerprint density at radius 1 is 0.739 bits per heavy atom. The van der Waals surface area contributed by atoms with Crippen molar-refractivity contribution in [3.05, 3.63) is 65.2 Å². The van der Waals surface area contributed by atoms with E-state index < -0.39 is 0 Å². The fourth-order valence-corrected chi connectivity index (χ4v) is 3.85. The third kappa shape index (κ3) is 2.93. The average Bonchev–Trinajstić information content (AvgIpc) is 2.63. The fourth-order valence-electron chi connectivity index (χ4n) is 3.85. The molecular formula is C22H27N. The quantitative estimate of drug-likeness (QED) is 0.564. The highest BCUT2D eigenvalue weighted by atomic mass is 15.1. The molecule has 23 heavy (non-hydrogen) atoms. The van der Waals surface area contributed by atoms with Crippen LogP contribution in [0.25, 0.3) is 11.1 Å². The van der Waals surface area contributed by atoms with Gasteiger partial charge in [-0.2, -0.15) is 0 Å². The van der Waals surface area contributed by atoms with E-state index in [4.69, 9.17) is 0 Å². The van der Waals surface area contributed by atoms with Gasteiger partial charge >= 0.3 is 0 Å². The minimum atomic E-state index is 0.990. The summed E-state index contributed by atoms with van der Waals surface area (Å²) in [7, 11) is 2.21. The van der Waals surface area contributed by atoms with Gasteiger partial charge < -0.3 is 4.90 Å². The summed E-state index contributed by atoms with van der Waals surface area (Å²) in [5.74, 6) is 0. The van der Waals surface area contributed by atoms with E-state index in [2.05, 4.69) is 60.5 Å². The minimum absolute atomic E-state index is 0.990. The first-order valence-electron chi connectivity index (χ1n) is 8.95. The molecule has 2 aliphatic rings. The van der Waals surface area contributed by atoms with Crippen LogP contribution in [0.15, 0.2) is 48.5 Å². The number of para-hydroxylation sites is 1. The summed E-state index contributed by atoms with van der Waals surface area (Å²) in [5.41, 5.74) is 8.94. The number of anilines is 1. The predicted octanol–water partition coefficient (Wildman–Crippen LogP) is 6.15. The third-order valence-electron chi connectivity index (χ3n) is 4.86. The lowest BCUT2D eigenvalue weighted by molar-refractivity contribution is 0.749. The van der Waals surface area contributed by atoms with Crippen LogP contribution in [0.1, 0.15) is 56.2 Å².